The molecule has 1 aliphatic heterocycles. The number of aryl methyl sites for hydroxylation is 2. The first-order valence-corrected chi connectivity index (χ1v) is 16.0. The van der Waals surface area contributed by atoms with Crippen LogP contribution in [0, 0.1) is 12.7 Å². The van der Waals surface area contributed by atoms with Crippen molar-refractivity contribution in [2.75, 3.05) is 38.6 Å². The van der Waals surface area contributed by atoms with E-state index in [0.29, 0.717) is 41.4 Å². The summed E-state index contributed by atoms with van der Waals surface area (Å²) >= 11 is 7.03. The molecule has 1 saturated heterocycles. The molecular weight excluding hydrogens is 639 g/mol. The number of hydrogen-bond acceptors (Lipinski definition) is 7. The van der Waals surface area contributed by atoms with Gasteiger partial charge in [-0.25, -0.2) is 14.2 Å². The number of benzene rings is 2. The quantitative estimate of drug-likeness (QED) is 0.324. The van der Waals surface area contributed by atoms with E-state index in [-0.39, 0.29) is 33.8 Å². The Morgan fingerprint density at radius 2 is 1.77 bits per heavy atom. The number of rotatable bonds is 6. The topological polar surface area (TPSA) is 119 Å². The smallest absolute Gasteiger partial charge is 0.330 e. The van der Waals surface area contributed by atoms with E-state index in [1.165, 1.54) is 32.4 Å². The molecule has 1 N–H and O–H groups in total. The van der Waals surface area contributed by atoms with Gasteiger partial charge in [0.05, 0.1) is 17.8 Å². The van der Waals surface area contributed by atoms with Crippen LogP contribution in [0.3, 0.4) is 0 Å². The van der Waals surface area contributed by atoms with E-state index in [0.717, 1.165) is 46.2 Å². The van der Waals surface area contributed by atoms with Gasteiger partial charge >= 0.3 is 5.69 Å². The largest absolute Gasteiger partial charge is 0.481 e. The lowest BCUT2D eigenvalue weighted by molar-refractivity contribution is -0.130. The molecule has 48 heavy (non-hydrogen) atoms. The van der Waals surface area contributed by atoms with Gasteiger partial charge in [0, 0.05) is 87.4 Å². The molecule has 0 saturated carbocycles. The van der Waals surface area contributed by atoms with Crippen LogP contribution in [0.2, 0.25) is 5.02 Å². The third-order valence-electron chi connectivity index (χ3n) is 9.42. The minimum Gasteiger partial charge on any atom is -0.481 e. The van der Waals surface area contributed by atoms with Crippen LogP contribution >= 0.6 is 11.6 Å². The van der Waals surface area contributed by atoms with Gasteiger partial charge < -0.3 is 19.5 Å². The molecule has 0 radical (unpaired) electrons. The summed E-state index contributed by atoms with van der Waals surface area (Å²) in [6.45, 7) is 6.17. The van der Waals surface area contributed by atoms with Crippen LogP contribution in [0.25, 0.3) is 22.4 Å². The normalized spacial score (nSPS) is 16.1. The summed E-state index contributed by atoms with van der Waals surface area (Å²) < 4.78 is 23.4. The van der Waals surface area contributed by atoms with Crippen LogP contribution < -0.4 is 21.3 Å². The van der Waals surface area contributed by atoms with Crippen LogP contribution in [0.15, 0.2) is 52.2 Å². The monoisotopic (exact) mass is 674 g/mol. The third-order valence-corrected chi connectivity index (χ3v) is 9.83. The zero-order valence-electron chi connectivity index (χ0n) is 27.4. The third kappa shape index (κ3) is 5.79. The number of methoxy groups -OCH3 is 1. The first-order valence-electron chi connectivity index (χ1n) is 15.6. The summed E-state index contributed by atoms with van der Waals surface area (Å²) in [5.74, 6) is -0.684. The second-order valence-electron chi connectivity index (χ2n) is 12.2. The van der Waals surface area contributed by atoms with Gasteiger partial charge in [0.25, 0.3) is 11.5 Å². The van der Waals surface area contributed by atoms with Crippen LogP contribution in [0.5, 0.6) is 5.88 Å². The highest BCUT2D eigenvalue weighted by molar-refractivity contribution is 6.36. The fraction of sp³-hybridized carbons (Fsp3) is 0.343. The first kappa shape index (κ1) is 33.1. The molecule has 4 aromatic rings. The number of anilines is 1. The van der Waals surface area contributed by atoms with Crippen molar-refractivity contribution in [3.63, 3.8) is 0 Å². The first-order chi connectivity index (χ1) is 22.9. The molecule has 0 spiro atoms. The molecule has 2 aromatic heterocycles. The van der Waals surface area contributed by atoms with Crippen molar-refractivity contribution >= 4 is 29.1 Å². The van der Waals surface area contributed by atoms with Crippen molar-refractivity contribution < 1.29 is 18.7 Å². The Balaban J connectivity index is 1.33. The maximum Gasteiger partial charge on any atom is 0.330 e. The number of nitrogens with zero attached hydrogens (tertiary/aromatic N) is 5. The van der Waals surface area contributed by atoms with Gasteiger partial charge in [-0.1, -0.05) is 29.8 Å². The molecule has 250 valence electrons. The van der Waals surface area contributed by atoms with E-state index in [2.05, 4.69) is 10.2 Å². The molecule has 13 heteroatoms. The van der Waals surface area contributed by atoms with Crippen LogP contribution in [-0.4, -0.2) is 69.0 Å². The molecule has 0 bridgehead atoms. The van der Waals surface area contributed by atoms with E-state index in [1.54, 1.807) is 33.1 Å². The summed E-state index contributed by atoms with van der Waals surface area (Å²) in [6.07, 6.45) is 2.90. The van der Waals surface area contributed by atoms with E-state index in [9.17, 15) is 19.2 Å². The number of ether oxygens (including phenoxy) is 1. The molecule has 2 aromatic carbocycles. The van der Waals surface area contributed by atoms with Crippen molar-refractivity contribution in [1.29, 1.82) is 0 Å². The lowest BCUT2D eigenvalue weighted by Gasteiger charge is -2.38. The average Bonchev–Trinajstić information content (AvgIpc) is 3.51. The molecule has 1 unspecified atom stereocenters. The fourth-order valence-corrected chi connectivity index (χ4v) is 7.13. The van der Waals surface area contributed by atoms with E-state index in [1.807, 2.05) is 17.0 Å². The number of carbonyl (C=O) groups excluding carboxylic acids is 2. The van der Waals surface area contributed by atoms with Gasteiger partial charge in [0.15, 0.2) is 0 Å². The zero-order chi connectivity index (χ0) is 34.4. The lowest BCUT2D eigenvalue weighted by Crippen LogP contribution is -2.48. The molecule has 1 fully saturated rings. The van der Waals surface area contributed by atoms with Gasteiger partial charge in [0.1, 0.15) is 11.4 Å². The number of carbonyl (C=O) groups is 2. The SMILES string of the molecule is COc1nc(-c2cccc(-c3c(F)ccc(NC(=O)c4cn(C)c(=O)n(C)c4=O)c3C)c2Cl)cc2c1C(N1CCN(C(C)=O)CC1)CC2. The Bertz CT molecular complexity index is 2090. The zero-order valence-corrected chi connectivity index (χ0v) is 28.2. The van der Waals surface area contributed by atoms with Crippen molar-refractivity contribution in [2.45, 2.75) is 32.7 Å². The number of fused-ring (bicyclic) bond motifs is 1. The number of pyridine rings is 1. The fourth-order valence-electron chi connectivity index (χ4n) is 6.81. The minimum absolute atomic E-state index is 0.0874. The van der Waals surface area contributed by atoms with E-state index in [4.69, 9.17) is 21.3 Å². The molecular formula is C35H36ClFN6O5. The maximum absolute atomic E-state index is 15.6. The van der Waals surface area contributed by atoms with Gasteiger partial charge in [-0.2, -0.15) is 0 Å². The molecule has 2 aliphatic rings. The Kier molecular flexibility index (Phi) is 8.97. The molecule has 1 aliphatic carbocycles. The Morgan fingerprint density at radius 1 is 1.06 bits per heavy atom. The van der Waals surface area contributed by atoms with Crippen LogP contribution in [-0.2, 0) is 25.3 Å². The number of nitrogens with one attached hydrogen (secondary N) is 1. The number of halogens is 2. The highest BCUT2D eigenvalue weighted by Crippen LogP contribution is 2.45. The number of amides is 2. The standard InChI is InChI=1S/C35H36ClFN6O5/c1-19-26(38-32(45)24-18-40(3)35(47)41(4)34(24)46)11-10-25(37)29(19)23-8-6-7-22(31(23)36)27-17-21-9-12-28(30(21)33(39-27)48-5)43-15-13-42(14-16-43)20(2)44/h6-8,10-11,17-18,28H,9,12-16H2,1-5H3,(H,38,45). The second-order valence-corrected chi connectivity index (χ2v) is 12.6. The van der Waals surface area contributed by atoms with Crippen LogP contribution in [0.4, 0.5) is 10.1 Å². The van der Waals surface area contributed by atoms with E-state index >= 15 is 4.39 Å². The summed E-state index contributed by atoms with van der Waals surface area (Å²) in [7, 11) is 4.33. The Morgan fingerprint density at radius 3 is 2.46 bits per heavy atom. The molecule has 3 heterocycles. The average molecular weight is 675 g/mol. The summed E-state index contributed by atoms with van der Waals surface area (Å²) in [6, 6.07) is 10.1. The number of aromatic nitrogens is 3. The number of hydrogen-bond donors (Lipinski definition) is 1. The molecule has 2 amide bonds. The summed E-state index contributed by atoms with van der Waals surface area (Å²) in [4.78, 5) is 58.9. The Hall–Kier alpha value is -4.81. The highest BCUT2D eigenvalue weighted by atomic mass is 35.5. The van der Waals surface area contributed by atoms with Gasteiger partial charge in [-0.3, -0.25) is 23.9 Å². The molecule has 11 nitrogen and oxygen atoms in total. The minimum atomic E-state index is -0.745. The second kappa shape index (κ2) is 13.0. The van der Waals surface area contributed by atoms with E-state index < -0.39 is 23.0 Å². The highest BCUT2D eigenvalue weighted by Gasteiger charge is 2.35. The van der Waals surface area contributed by atoms with Crippen molar-refractivity contribution in [3.05, 3.63) is 96.5 Å². The summed E-state index contributed by atoms with van der Waals surface area (Å²) in [5, 5.41) is 2.97. The number of piperazine rings is 1. The molecule has 6 rings (SSSR count). The van der Waals surface area contributed by atoms with Gasteiger partial charge in [-0.05, 0) is 49.1 Å². The van der Waals surface area contributed by atoms with Crippen molar-refractivity contribution in [2.24, 2.45) is 14.1 Å². The predicted molar refractivity (Wildman–Crippen MR) is 181 cm³/mol. The maximum atomic E-state index is 15.6. The predicted octanol–water partition coefficient (Wildman–Crippen LogP) is 4.33. The van der Waals surface area contributed by atoms with Gasteiger partial charge in [0.2, 0.25) is 11.8 Å². The lowest BCUT2D eigenvalue weighted by atomic mass is 9.95. The Labute approximate surface area is 281 Å². The van der Waals surface area contributed by atoms with Crippen molar-refractivity contribution in [1.82, 2.24) is 23.9 Å². The summed E-state index contributed by atoms with van der Waals surface area (Å²) in [5.41, 5.74) is 3.06. The molecule has 1 atom stereocenters. The van der Waals surface area contributed by atoms with Gasteiger partial charge in [-0.15, -0.1) is 0 Å². The van der Waals surface area contributed by atoms with Crippen molar-refractivity contribution in [3.8, 4) is 28.3 Å². The van der Waals surface area contributed by atoms with Crippen LogP contribution in [0.1, 0.15) is 46.4 Å².